The number of thiophene rings is 1. The molecule has 0 unspecified atom stereocenters. The number of anilines is 1. The fraction of sp³-hybridized carbons (Fsp3) is 0.286. The Morgan fingerprint density at radius 1 is 1.29 bits per heavy atom. The number of hydrogen-bond acceptors (Lipinski definition) is 5. The average molecular weight is 327 g/mol. The van der Waals surface area contributed by atoms with E-state index in [4.69, 9.17) is 9.84 Å². The molecule has 0 bridgehead atoms. The summed E-state index contributed by atoms with van der Waals surface area (Å²) < 4.78 is 32.5. The van der Waals surface area contributed by atoms with Crippen molar-refractivity contribution in [3.8, 4) is 5.75 Å². The van der Waals surface area contributed by atoms with Crippen molar-refractivity contribution in [2.24, 2.45) is 0 Å². The molecule has 1 aromatic carbocycles. The Hall–Kier alpha value is -1.57. The lowest BCUT2D eigenvalue weighted by atomic mass is 10.2. The molecule has 0 amide bonds. The number of nitrogens with one attached hydrogen (secondary N) is 1. The zero-order valence-corrected chi connectivity index (χ0v) is 13.6. The Bertz CT molecular complexity index is 750. The van der Waals surface area contributed by atoms with Crippen molar-refractivity contribution in [3.05, 3.63) is 39.6 Å². The highest BCUT2D eigenvalue weighted by atomic mass is 32.2. The van der Waals surface area contributed by atoms with Gasteiger partial charge in [0.2, 0.25) is 0 Å². The van der Waals surface area contributed by atoms with Crippen molar-refractivity contribution in [1.82, 2.24) is 0 Å². The molecule has 1 aromatic heterocycles. The van der Waals surface area contributed by atoms with Crippen LogP contribution in [-0.2, 0) is 16.6 Å². The van der Waals surface area contributed by atoms with Crippen LogP contribution >= 0.6 is 11.3 Å². The molecule has 2 rings (SSSR count). The van der Waals surface area contributed by atoms with Crippen molar-refractivity contribution < 1.29 is 18.3 Å². The molecule has 1 heterocycles. The number of aliphatic hydroxyl groups is 1. The van der Waals surface area contributed by atoms with E-state index < -0.39 is 10.0 Å². The minimum absolute atomic E-state index is 0.164. The summed E-state index contributed by atoms with van der Waals surface area (Å²) in [5.74, 6) is 0.701. The van der Waals surface area contributed by atoms with Gasteiger partial charge in [0.05, 0.1) is 13.7 Å². The number of ether oxygens (including phenoxy) is 1. The molecule has 0 fully saturated rings. The topological polar surface area (TPSA) is 75.6 Å². The molecule has 2 aromatic rings. The van der Waals surface area contributed by atoms with E-state index in [1.807, 2.05) is 6.92 Å². The van der Waals surface area contributed by atoms with Crippen LogP contribution in [0.1, 0.15) is 15.3 Å². The van der Waals surface area contributed by atoms with Crippen LogP contribution in [-0.4, -0.2) is 20.6 Å². The van der Waals surface area contributed by atoms with E-state index in [-0.39, 0.29) is 11.5 Å². The molecule has 0 atom stereocenters. The molecular weight excluding hydrogens is 310 g/mol. The van der Waals surface area contributed by atoms with Gasteiger partial charge in [-0.3, -0.25) is 4.72 Å². The third kappa shape index (κ3) is 3.37. The van der Waals surface area contributed by atoms with Gasteiger partial charge in [-0.1, -0.05) is 0 Å². The van der Waals surface area contributed by atoms with E-state index in [0.717, 1.165) is 5.56 Å². The molecule has 21 heavy (non-hydrogen) atoms. The van der Waals surface area contributed by atoms with Crippen molar-refractivity contribution in [2.75, 3.05) is 11.8 Å². The van der Waals surface area contributed by atoms with Gasteiger partial charge in [0, 0.05) is 15.4 Å². The van der Waals surface area contributed by atoms with Gasteiger partial charge in [0.15, 0.2) is 0 Å². The molecule has 5 nitrogen and oxygen atoms in total. The maximum Gasteiger partial charge on any atom is 0.263 e. The molecule has 7 heteroatoms. The number of aliphatic hydroxyl groups excluding tert-OH is 1. The maximum atomic E-state index is 12.4. The Labute approximate surface area is 128 Å². The highest BCUT2D eigenvalue weighted by molar-refractivity contribution is 7.93. The molecule has 0 saturated carbocycles. The van der Waals surface area contributed by atoms with Gasteiger partial charge < -0.3 is 9.84 Å². The molecule has 0 aliphatic heterocycles. The van der Waals surface area contributed by atoms with Gasteiger partial charge in [-0.2, -0.15) is 0 Å². The summed E-state index contributed by atoms with van der Waals surface area (Å²) in [6, 6.07) is 6.58. The first-order valence-electron chi connectivity index (χ1n) is 6.25. The summed E-state index contributed by atoms with van der Waals surface area (Å²) in [5, 5.41) is 9.11. The lowest BCUT2D eigenvalue weighted by Crippen LogP contribution is -2.13. The molecule has 114 valence electrons. The molecule has 2 N–H and O–H groups in total. The number of methoxy groups -OCH3 is 1. The van der Waals surface area contributed by atoms with Crippen LogP contribution in [0.5, 0.6) is 5.75 Å². The van der Waals surface area contributed by atoms with Crippen molar-refractivity contribution in [2.45, 2.75) is 25.3 Å². The van der Waals surface area contributed by atoms with Crippen LogP contribution in [0.15, 0.2) is 29.2 Å². The van der Waals surface area contributed by atoms with E-state index in [2.05, 4.69) is 4.72 Å². The first-order chi connectivity index (χ1) is 9.87. The van der Waals surface area contributed by atoms with E-state index in [1.165, 1.54) is 17.4 Å². The van der Waals surface area contributed by atoms with Crippen LogP contribution in [0.25, 0.3) is 0 Å². The predicted octanol–water partition coefficient (Wildman–Crippen LogP) is 2.67. The van der Waals surface area contributed by atoms with E-state index >= 15 is 0 Å². The molecule has 0 radical (unpaired) electrons. The largest absolute Gasteiger partial charge is 0.496 e. The van der Waals surface area contributed by atoms with Crippen molar-refractivity contribution >= 4 is 27.0 Å². The van der Waals surface area contributed by atoms with Gasteiger partial charge in [0.1, 0.15) is 10.6 Å². The summed E-state index contributed by atoms with van der Waals surface area (Å²) in [6.45, 7) is 3.40. The van der Waals surface area contributed by atoms with E-state index in [1.54, 1.807) is 32.2 Å². The number of benzene rings is 1. The van der Waals surface area contributed by atoms with Crippen molar-refractivity contribution in [1.29, 1.82) is 0 Å². The Kier molecular flexibility index (Phi) is 4.55. The molecule has 0 saturated heterocycles. The van der Waals surface area contributed by atoms with Crippen molar-refractivity contribution in [3.63, 3.8) is 0 Å². The molecule has 0 spiro atoms. The smallest absolute Gasteiger partial charge is 0.263 e. The van der Waals surface area contributed by atoms with Gasteiger partial charge in [0.25, 0.3) is 10.0 Å². The van der Waals surface area contributed by atoms with Crippen LogP contribution < -0.4 is 9.46 Å². The van der Waals surface area contributed by atoms with Gasteiger partial charge >= 0.3 is 0 Å². The summed E-state index contributed by atoms with van der Waals surface area (Å²) in [6.07, 6.45) is 0. The van der Waals surface area contributed by atoms with Crippen LogP contribution in [0.4, 0.5) is 5.69 Å². The highest BCUT2D eigenvalue weighted by Crippen LogP contribution is 2.28. The fourth-order valence-corrected chi connectivity index (χ4v) is 4.57. The molecule has 0 aliphatic carbocycles. The Balaban J connectivity index is 2.32. The second-order valence-electron chi connectivity index (χ2n) is 4.58. The summed E-state index contributed by atoms with van der Waals surface area (Å²) in [7, 11) is -2.09. The average Bonchev–Trinajstić information content (AvgIpc) is 2.81. The van der Waals surface area contributed by atoms with Gasteiger partial charge in [-0.15, -0.1) is 11.3 Å². The number of hydrogen-bond donors (Lipinski definition) is 2. The van der Waals surface area contributed by atoms with Crippen LogP contribution in [0, 0.1) is 13.8 Å². The van der Waals surface area contributed by atoms with E-state index in [0.29, 0.717) is 21.2 Å². The number of aryl methyl sites for hydroxylation is 2. The number of sulfonamides is 1. The predicted molar refractivity (Wildman–Crippen MR) is 83.5 cm³/mol. The molecular formula is C14H17NO4S2. The summed E-state index contributed by atoms with van der Waals surface area (Å²) >= 11 is 1.27. The fourth-order valence-electron chi connectivity index (χ4n) is 2.02. The second-order valence-corrected chi connectivity index (χ2v) is 7.57. The third-order valence-corrected chi connectivity index (χ3v) is 5.69. The lowest BCUT2D eigenvalue weighted by Gasteiger charge is -2.10. The Morgan fingerprint density at radius 3 is 2.52 bits per heavy atom. The highest BCUT2D eigenvalue weighted by Gasteiger charge is 2.20. The molecule has 0 aliphatic rings. The summed E-state index contributed by atoms with van der Waals surface area (Å²) in [5.41, 5.74) is 1.32. The Morgan fingerprint density at radius 2 is 2.00 bits per heavy atom. The maximum absolute atomic E-state index is 12.4. The summed E-state index contributed by atoms with van der Waals surface area (Å²) in [4.78, 5) is 1.47. The van der Waals surface area contributed by atoms with Crippen LogP contribution in [0.2, 0.25) is 0 Å². The zero-order valence-electron chi connectivity index (χ0n) is 12.0. The number of rotatable bonds is 5. The van der Waals surface area contributed by atoms with Gasteiger partial charge in [-0.25, -0.2) is 8.42 Å². The third-order valence-electron chi connectivity index (χ3n) is 3.02. The van der Waals surface area contributed by atoms with E-state index in [9.17, 15) is 8.42 Å². The zero-order chi connectivity index (χ0) is 15.6. The van der Waals surface area contributed by atoms with Gasteiger partial charge in [-0.05, 0) is 43.7 Å². The normalized spacial score (nSPS) is 11.4. The standard InChI is InChI=1S/C14H17NO4S2/c1-9-6-11(4-5-13(9)19-3)15-21(17,18)14-7-12(8-16)20-10(14)2/h4-7,15-16H,8H2,1-3H3. The first-order valence-corrected chi connectivity index (χ1v) is 8.55. The quantitative estimate of drug-likeness (QED) is 0.885. The monoisotopic (exact) mass is 327 g/mol. The minimum Gasteiger partial charge on any atom is -0.496 e. The second kappa shape index (κ2) is 6.05. The van der Waals surface area contributed by atoms with Crippen LogP contribution in [0.3, 0.4) is 0 Å². The lowest BCUT2D eigenvalue weighted by molar-refractivity contribution is 0.285. The SMILES string of the molecule is COc1ccc(NS(=O)(=O)c2cc(CO)sc2C)cc1C. The first kappa shape index (κ1) is 15.8. The minimum atomic E-state index is -3.66.